The van der Waals surface area contributed by atoms with Gasteiger partial charge in [0.1, 0.15) is 5.76 Å². The van der Waals surface area contributed by atoms with E-state index in [0.717, 1.165) is 25.7 Å². The maximum atomic E-state index is 12.0. The van der Waals surface area contributed by atoms with Crippen molar-refractivity contribution < 1.29 is 17.9 Å². The zero-order valence-electron chi connectivity index (χ0n) is 10.8. The molecular formula is C12H20N2O4S. The Labute approximate surface area is 113 Å². The summed E-state index contributed by atoms with van der Waals surface area (Å²) in [5.41, 5.74) is 5.06. The average molecular weight is 288 g/mol. The standard InChI is InChI=1S/C12H20N2O4S/c13-7-10-3-4-11(18-10)19(16,17)14-8-12(9-15)5-1-2-6-12/h3-4,14-15H,1-2,5-9,13H2. The van der Waals surface area contributed by atoms with Crippen LogP contribution in [0.4, 0.5) is 0 Å². The number of sulfonamides is 1. The number of rotatable bonds is 6. The first-order valence-corrected chi connectivity index (χ1v) is 7.89. The second-order valence-electron chi connectivity index (χ2n) is 5.11. The normalized spacial score (nSPS) is 18.8. The Morgan fingerprint density at radius 1 is 1.37 bits per heavy atom. The van der Waals surface area contributed by atoms with Crippen LogP contribution in [0.5, 0.6) is 0 Å². The zero-order chi connectivity index (χ0) is 13.9. The molecule has 0 unspecified atom stereocenters. The summed E-state index contributed by atoms with van der Waals surface area (Å²) in [6, 6.07) is 2.94. The quantitative estimate of drug-likeness (QED) is 0.709. The maximum absolute atomic E-state index is 12.0. The van der Waals surface area contributed by atoms with Gasteiger partial charge in [-0.05, 0) is 25.0 Å². The average Bonchev–Trinajstić information content (AvgIpc) is 3.06. The molecule has 0 spiro atoms. The SMILES string of the molecule is NCc1ccc(S(=O)(=O)NCC2(CO)CCCC2)o1. The Kier molecular flexibility index (Phi) is 4.29. The van der Waals surface area contributed by atoms with Gasteiger partial charge >= 0.3 is 0 Å². The van der Waals surface area contributed by atoms with Gasteiger partial charge in [-0.3, -0.25) is 0 Å². The van der Waals surface area contributed by atoms with Crippen molar-refractivity contribution in [3.8, 4) is 0 Å². The van der Waals surface area contributed by atoms with Crippen LogP contribution in [-0.2, 0) is 16.6 Å². The molecule has 0 radical (unpaired) electrons. The molecule has 6 nitrogen and oxygen atoms in total. The number of hydrogen-bond donors (Lipinski definition) is 3. The number of furan rings is 1. The van der Waals surface area contributed by atoms with Crippen LogP contribution >= 0.6 is 0 Å². The van der Waals surface area contributed by atoms with Crippen LogP contribution in [0.2, 0.25) is 0 Å². The molecule has 7 heteroatoms. The van der Waals surface area contributed by atoms with Crippen LogP contribution < -0.4 is 10.5 Å². The highest BCUT2D eigenvalue weighted by Gasteiger charge is 2.34. The number of nitrogens with one attached hydrogen (secondary N) is 1. The molecule has 1 aliphatic rings. The minimum atomic E-state index is -3.67. The van der Waals surface area contributed by atoms with E-state index < -0.39 is 10.0 Å². The molecule has 0 bridgehead atoms. The van der Waals surface area contributed by atoms with Crippen LogP contribution in [0, 0.1) is 5.41 Å². The van der Waals surface area contributed by atoms with E-state index in [4.69, 9.17) is 10.2 Å². The first-order valence-electron chi connectivity index (χ1n) is 6.41. The number of aliphatic hydroxyl groups excluding tert-OH is 1. The molecular weight excluding hydrogens is 268 g/mol. The van der Waals surface area contributed by atoms with E-state index >= 15 is 0 Å². The molecule has 0 aromatic carbocycles. The summed E-state index contributed by atoms with van der Waals surface area (Å²) in [6.45, 7) is 0.405. The van der Waals surface area contributed by atoms with Gasteiger partial charge in [-0.2, -0.15) is 0 Å². The van der Waals surface area contributed by atoms with E-state index in [0.29, 0.717) is 5.76 Å². The zero-order valence-corrected chi connectivity index (χ0v) is 11.6. The van der Waals surface area contributed by atoms with Crippen molar-refractivity contribution in [1.29, 1.82) is 0 Å². The molecule has 19 heavy (non-hydrogen) atoms. The van der Waals surface area contributed by atoms with Crippen LogP contribution in [0.25, 0.3) is 0 Å². The van der Waals surface area contributed by atoms with E-state index in [1.807, 2.05) is 0 Å². The van der Waals surface area contributed by atoms with E-state index in [1.54, 1.807) is 6.07 Å². The van der Waals surface area contributed by atoms with E-state index in [2.05, 4.69) is 4.72 Å². The molecule has 1 aliphatic carbocycles. The highest BCUT2D eigenvalue weighted by Crippen LogP contribution is 2.37. The third-order valence-electron chi connectivity index (χ3n) is 3.74. The van der Waals surface area contributed by atoms with Crippen molar-refractivity contribution >= 4 is 10.0 Å². The fraction of sp³-hybridized carbons (Fsp3) is 0.667. The smallest absolute Gasteiger partial charge is 0.273 e. The Bertz CT molecular complexity index is 518. The lowest BCUT2D eigenvalue weighted by atomic mass is 9.88. The van der Waals surface area contributed by atoms with Crippen LogP contribution in [-0.4, -0.2) is 26.7 Å². The van der Waals surface area contributed by atoms with E-state index in [-0.39, 0.29) is 30.2 Å². The molecule has 2 rings (SSSR count). The molecule has 1 fully saturated rings. The molecule has 108 valence electrons. The third-order valence-corrected chi connectivity index (χ3v) is 5.01. The van der Waals surface area contributed by atoms with Crippen molar-refractivity contribution in [3.63, 3.8) is 0 Å². The molecule has 0 amide bonds. The predicted octanol–water partition coefficient (Wildman–Crippen LogP) is 0.569. The largest absolute Gasteiger partial charge is 0.447 e. The summed E-state index contributed by atoms with van der Waals surface area (Å²) in [4.78, 5) is 0. The fourth-order valence-corrected chi connectivity index (χ4v) is 3.55. The van der Waals surface area contributed by atoms with Gasteiger partial charge in [-0.1, -0.05) is 12.8 Å². The number of aliphatic hydroxyl groups is 1. The van der Waals surface area contributed by atoms with Crippen molar-refractivity contribution in [2.45, 2.75) is 37.3 Å². The molecule has 1 aromatic rings. The molecule has 4 N–H and O–H groups in total. The van der Waals surface area contributed by atoms with Gasteiger partial charge in [0.2, 0.25) is 5.09 Å². The minimum Gasteiger partial charge on any atom is -0.447 e. The topological polar surface area (TPSA) is 106 Å². The van der Waals surface area contributed by atoms with Crippen molar-refractivity contribution in [1.82, 2.24) is 4.72 Å². The predicted molar refractivity (Wildman–Crippen MR) is 69.8 cm³/mol. The van der Waals surface area contributed by atoms with Crippen molar-refractivity contribution in [3.05, 3.63) is 17.9 Å². The first-order chi connectivity index (χ1) is 9.01. The van der Waals surface area contributed by atoms with Crippen LogP contribution in [0.3, 0.4) is 0 Å². The lowest BCUT2D eigenvalue weighted by Crippen LogP contribution is -2.38. The first kappa shape index (κ1) is 14.5. The summed E-state index contributed by atoms with van der Waals surface area (Å²) in [5.74, 6) is 0.429. The van der Waals surface area contributed by atoms with Gasteiger partial charge in [0, 0.05) is 18.6 Å². The number of nitrogens with two attached hydrogens (primary N) is 1. The monoisotopic (exact) mass is 288 g/mol. The van der Waals surface area contributed by atoms with Gasteiger partial charge in [0.25, 0.3) is 10.0 Å². The molecule has 0 saturated heterocycles. The molecule has 1 saturated carbocycles. The summed E-state index contributed by atoms with van der Waals surface area (Å²) < 4.78 is 31.8. The van der Waals surface area contributed by atoms with Crippen molar-refractivity contribution in [2.75, 3.05) is 13.2 Å². The molecule has 1 heterocycles. The minimum absolute atomic E-state index is 0.00171. The van der Waals surface area contributed by atoms with E-state index in [1.165, 1.54) is 6.07 Å². The van der Waals surface area contributed by atoms with Gasteiger partial charge < -0.3 is 15.3 Å². The highest BCUT2D eigenvalue weighted by atomic mass is 32.2. The lowest BCUT2D eigenvalue weighted by Gasteiger charge is -2.26. The summed E-state index contributed by atoms with van der Waals surface area (Å²) in [6.07, 6.45) is 3.75. The van der Waals surface area contributed by atoms with Crippen molar-refractivity contribution in [2.24, 2.45) is 11.1 Å². The third kappa shape index (κ3) is 3.17. The molecule has 0 aliphatic heterocycles. The summed E-state index contributed by atoms with van der Waals surface area (Å²) in [7, 11) is -3.67. The Hall–Kier alpha value is -0.890. The van der Waals surface area contributed by atoms with Gasteiger partial charge in [0.05, 0.1) is 6.54 Å². The second-order valence-corrected chi connectivity index (χ2v) is 6.81. The van der Waals surface area contributed by atoms with Crippen LogP contribution in [0.15, 0.2) is 21.6 Å². The number of hydrogen-bond acceptors (Lipinski definition) is 5. The Balaban J connectivity index is 2.05. The molecule has 1 aromatic heterocycles. The molecule has 0 atom stereocenters. The Morgan fingerprint density at radius 2 is 2.05 bits per heavy atom. The van der Waals surface area contributed by atoms with Gasteiger partial charge in [-0.25, -0.2) is 13.1 Å². The van der Waals surface area contributed by atoms with Crippen LogP contribution in [0.1, 0.15) is 31.4 Å². The summed E-state index contributed by atoms with van der Waals surface area (Å²) in [5, 5.41) is 9.33. The fourth-order valence-electron chi connectivity index (χ4n) is 2.45. The van der Waals surface area contributed by atoms with E-state index in [9.17, 15) is 13.5 Å². The van der Waals surface area contributed by atoms with Gasteiger partial charge in [-0.15, -0.1) is 0 Å². The maximum Gasteiger partial charge on any atom is 0.273 e. The Morgan fingerprint density at radius 3 is 2.58 bits per heavy atom. The highest BCUT2D eigenvalue weighted by molar-refractivity contribution is 7.89. The summed E-state index contributed by atoms with van der Waals surface area (Å²) >= 11 is 0. The lowest BCUT2D eigenvalue weighted by molar-refractivity contribution is 0.134. The second kappa shape index (κ2) is 5.62. The van der Waals surface area contributed by atoms with Gasteiger partial charge in [0.15, 0.2) is 0 Å².